The Kier molecular flexibility index (Phi) is 8.67. The summed E-state index contributed by atoms with van der Waals surface area (Å²) in [5.41, 5.74) is 2.16. The Hall–Kier alpha value is -3.95. The smallest absolute Gasteiger partial charge is 0.411 e. The number of benzene rings is 2. The van der Waals surface area contributed by atoms with E-state index in [1.54, 1.807) is 29.2 Å². The topological polar surface area (TPSA) is 97.8 Å². The highest BCUT2D eigenvalue weighted by molar-refractivity contribution is 7.20. The number of nitrogens with zero attached hydrogens (tertiary/aromatic N) is 3. The number of anilines is 2. The van der Waals surface area contributed by atoms with Gasteiger partial charge < -0.3 is 24.8 Å². The lowest BCUT2D eigenvalue weighted by Crippen LogP contribution is -2.49. The minimum absolute atomic E-state index is 0.111. The lowest BCUT2D eigenvalue weighted by Gasteiger charge is -2.32. The van der Waals surface area contributed by atoms with E-state index in [-0.39, 0.29) is 24.6 Å². The van der Waals surface area contributed by atoms with Crippen molar-refractivity contribution in [2.75, 3.05) is 38.2 Å². The molecule has 1 amide bonds. The minimum Gasteiger partial charge on any atom is -0.487 e. The van der Waals surface area contributed by atoms with Gasteiger partial charge in [0.05, 0.1) is 33.3 Å². The van der Waals surface area contributed by atoms with Crippen LogP contribution in [0.3, 0.4) is 0 Å². The van der Waals surface area contributed by atoms with Crippen LogP contribution in [0.1, 0.15) is 16.9 Å². The van der Waals surface area contributed by atoms with Crippen molar-refractivity contribution in [3.05, 3.63) is 76.1 Å². The first-order chi connectivity index (χ1) is 20.5. The molecule has 0 saturated carbocycles. The van der Waals surface area contributed by atoms with E-state index in [0.29, 0.717) is 54.1 Å². The number of amides is 1. The molecule has 12 heteroatoms. The Morgan fingerprint density at radius 1 is 1.26 bits per heavy atom. The Morgan fingerprint density at radius 3 is 3.02 bits per heavy atom. The zero-order chi connectivity index (χ0) is 28.9. The molecule has 6 rings (SSSR count). The Bertz CT molecular complexity index is 1650. The third-order valence-corrected chi connectivity index (χ3v) is 8.14. The van der Waals surface area contributed by atoms with E-state index in [4.69, 9.17) is 25.8 Å². The summed E-state index contributed by atoms with van der Waals surface area (Å²) in [5, 5.41) is 6.90. The number of morpholine rings is 1. The number of halogens is 2. The Balaban J connectivity index is 1.14. The third kappa shape index (κ3) is 6.74. The molecule has 0 unspecified atom stereocenters. The lowest BCUT2D eigenvalue weighted by atomic mass is 10.2. The Labute approximate surface area is 251 Å². The molecule has 4 heterocycles. The number of carbonyl (C=O) groups is 1. The lowest BCUT2D eigenvalue weighted by molar-refractivity contribution is -0.00134. The van der Waals surface area contributed by atoms with Gasteiger partial charge >= 0.3 is 6.09 Å². The highest BCUT2D eigenvalue weighted by Gasteiger charge is 2.30. The van der Waals surface area contributed by atoms with Crippen molar-refractivity contribution >= 4 is 50.8 Å². The summed E-state index contributed by atoms with van der Waals surface area (Å²) in [6.45, 7) is 2.92. The Morgan fingerprint density at radius 2 is 2.19 bits per heavy atom. The van der Waals surface area contributed by atoms with Crippen LogP contribution < -0.4 is 15.4 Å². The normalized spacial score (nSPS) is 18.4. The zero-order valence-corrected chi connectivity index (χ0v) is 24.0. The van der Waals surface area contributed by atoms with Crippen molar-refractivity contribution in [1.29, 1.82) is 0 Å². The predicted octanol–water partition coefficient (Wildman–Crippen LogP) is 5.36. The van der Waals surface area contributed by atoms with Gasteiger partial charge in [0.2, 0.25) is 0 Å². The summed E-state index contributed by atoms with van der Waals surface area (Å²) >= 11 is 7.92. The average Bonchev–Trinajstić information content (AvgIpc) is 3.66. The van der Waals surface area contributed by atoms with E-state index < -0.39 is 6.04 Å². The summed E-state index contributed by atoms with van der Waals surface area (Å²) < 4.78 is 31.3. The van der Waals surface area contributed by atoms with Crippen molar-refractivity contribution in [3.8, 4) is 17.6 Å². The van der Waals surface area contributed by atoms with Gasteiger partial charge in [-0.25, -0.2) is 19.2 Å². The maximum absolute atomic E-state index is 13.4. The predicted molar refractivity (Wildman–Crippen MR) is 159 cm³/mol. The molecule has 2 aromatic carbocycles. The number of nitrogens with one attached hydrogen (secondary N) is 2. The number of carbonyl (C=O) groups excluding carboxylic acids is 1. The number of ether oxygens (including phenoxy) is 3. The summed E-state index contributed by atoms with van der Waals surface area (Å²) in [6.07, 6.45) is 1.83. The molecule has 0 spiro atoms. The van der Waals surface area contributed by atoms with E-state index in [1.165, 1.54) is 29.8 Å². The quantitative estimate of drug-likeness (QED) is 0.283. The van der Waals surface area contributed by atoms with Crippen LogP contribution in [-0.4, -0.2) is 66.0 Å². The van der Waals surface area contributed by atoms with Crippen molar-refractivity contribution in [3.63, 3.8) is 0 Å². The molecule has 0 bridgehead atoms. The fourth-order valence-electron chi connectivity index (χ4n) is 4.66. The molecule has 9 nitrogen and oxygen atoms in total. The van der Waals surface area contributed by atoms with Crippen molar-refractivity contribution in [2.24, 2.45) is 0 Å². The maximum Gasteiger partial charge on any atom is 0.411 e. The van der Waals surface area contributed by atoms with Gasteiger partial charge in [-0.05, 0) is 54.9 Å². The highest BCUT2D eigenvalue weighted by atomic mass is 35.5. The monoisotopic (exact) mass is 607 g/mol. The molecule has 0 aliphatic carbocycles. The van der Waals surface area contributed by atoms with Gasteiger partial charge in [0, 0.05) is 18.8 Å². The minimum atomic E-state index is -0.404. The third-order valence-electron chi connectivity index (χ3n) is 6.80. The summed E-state index contributed by atoms with van der Waals surface area (Å²) in [5.74, 6) is 7.16. The first-order valence-electron chi connectivity index (χ1n) is 13.5. The second kappa shape index (κ2) is 12.9. The summed E-state index contributed by atoms with van der Waals surface area (Å²) in [6, 6.07) is 13.0. The van der Waals surface area contributed by atoms with Crippen LogP contribution in [0.25, 0.3) is 10.2 Å². The van der Waals surface area contributed by atoms with Crippen LogP contribution in [0.4, 0.5) is 20.7 Å². The second-order valence-electron chi connectivity index (χ2n) is 9.79. The van der Waals surface area contributed by atoms with E-state index in [9.17, 15) is 9.18 Å². The average molecular weight is 608 g/mol. The second-order valence-corrected chi connectivity index (χ2v) is 11.2. The van der Waals surface area contributed by atoms with Crippen LogP contribution in [0.2, 0.25) is 5.02 Å². The largest absolute Gasteiger partial charge is 0.487 e. The van der Waals surface area contributed by atoms with E-state index in [1.807, 2.05) is 12.1 Å². The van der Waals surface area contributed by atoms with Crippen LogP contribution in [-0.2, 0) is 16.1 Å². The van der Waals surface area contributed by atoms with E-state index in [2.05, 4.69) is 32.4 Å². The molecule has 2 aromatic heterocycles. The van der Waals surface area contributed by atoms with Gasteiger partial charge in [-0.15, -0.1) is 11.3 Å². The molecule has 0 radical (unpaired) electrons. The number of hydrogen-bond donors (Lipinski definition) is 2. The van der Waals surface area contributed by atoms with Gasteiger partial charge in [0.15, 0.2) is 5.82 Å². The number of fused-ring (bicyclic) bond motifs is 1. The summed E-state index contributed by atoms with van der Waals surface area (Å²) in [7, 11) is 0. The van der Waals surface area contributed by atoms with Crippen LogP contribution in [0, 0.1) is 17.7 Å². The fourth-order valence-corrected chi connectivity index (χ4v) is 5.81. The van der Waals surface area contributed by atoms with Gasteiger partial charge in [-0.3, -0.25) is 4.90 Å². The number of rotatable bonds is 6. The fraction of sp³-hybridized carbons (Fsp3) is 0.300. The van der Waals surface area contributed by atoms with Gasteiger partial charge in [-0.2, -0.15) is 0 Å². The molecule has 2 aliphatic heterocycles. The van der Waals surface area contributed by atoms with Crippen molar-refractivity contribution in [2.45, 2.75) is 25.2 Å². The molecule has 4 aromatic rings. The van der Waals surface area contributed by atoms with Crippen molar-refractivity contribution < 1.29 is 23.4 Å². The maximum atomic E-state index is 13.4. The van der Waals surface area contributed by atoms with E-state index in [0.717, 1.165) is 28.1 Å². The molecule has 2 N–H and O–H groups in total. The van der Waals surface area contributed by atoms with Gasteiger partial charge in [0.25, 0.3) is 0 Å². The first kappa shape index (κ1) is 28.2. The molecular formula is C30H27ClFN5O4S. The van der Waals surface area contributed by atoms with Crippen molar-refractivity contribution in [1.82, 2.24) is 20.2 Å². The van der Waals surface area contributed by atoms with Gasteiger partial charge in [-0.1, -0.05) is 35.6 Å². The molecular weight excluding hydrogens is 581 g/mol. The SMILES string of the molecule is O=C(O[C@@H]1CCNC1)N1CCOC[C@@H]1C#Cc1cc2ncnc(Nc3ccc(OCc4cccc(F)c4)c(Cl)c3)c2s1. The van der Waals surface area contributed by atoms with E-state index >= 15 is 0 Å². The summed E-state index contributed by atoms with van der Waals surface area (Å²) in [4.78, 5) is 24.0. The number of hydrogen-bond acceptors (Lipinski definition) is 9. The van der Waals surface area contributed by atoms with Gasteiger partial charge in [0.1, 0.15) is 36.6 Å². The molecule has 2 fully saturated rings. The van der Waals surface area contributed by atoms with Crippen LogP contribution >= 0.6 is 22.9 Å². The standard InChI is InChI=1S/C30H27ClFN5O4S/c31-25-13-21(4-7-27(25)40-16-19-2-1-3-20(32)12-19)36-29-28-26(34-18-35-29)14-24(42-28)6-5-22-17-39-11-10-37(22)30(38)41-23-8-9-33-15-23/h1-4,7,12-14,18,22-23,33H,8-11,15-17H2,(H,34,35,36)/t22-,23+/m0/s1. The molecule has 42 heavy (non-hydrogen) atoms. The van der Waals surface area contributed by atoms with Crippen LogP contribution in [0.15, 0.2) is 54.9 Å². The first-order valence-corrected chi connectivity index (χ1v) is 14.7. The molecule has 216 valence electrons. The van der Waals surface area contributed by atoms with Crippen LogP contribution in [0.5, 0.6) is 5.75 Å². The zero-order valence-electron chi connectivity index (χ0n) is 22.4. The highest BCUT2D eigenvalue weighted by Crippen LogP contribution is 2.33. The molecule has 2 atom stereocenters. The number of thiophene rings is 1. The molecule has 2 aliphatic rings. The number of aromatic nitrogens is 2. The molecule has 2 saturated heterocycles.